The Bertz CT molecular complexity index is 136. The summed E-state index contributed by atoms with van der Waals surface area (Å²) in [7, 11) is 0. The molecule has 0 aliphatic carbocycles. The quantitative estimate of drug-likeness (QED) is 0.704. The second-order valence-corrected chi connectivity index (χ2v) is 4.29. The predicted molar refractivity (Wildman–Crippen MR) is 58.0 cm³/mol. The molecular weight excluding hydrogens is 160 g/mol. The van der Waals surface area contributed by atoms with Crippen LogP contribution in [0.25, 0.3) is 0 Å². The highest BCUT2D eigenvalue weighted by molar-refractivity contribution is 4.73. The largest absolute Gasteiger partial charge is 0.314 e. The van der Waals surface area contributed by atoms with Crippen molar-refractivity contribution in [1.29, 1.82) is 0 Å². The molecule has 2 nitrogen and oxygen atoms in total. The molecule has 2 atom stereocenters. The van der Waals surface area contributed by atoms with Crippen molar-refractivity contribution < 1.29 is 0 Å². The van der Waals surface area contributed by atoms with E-state index in [0.29, 0.717) is 6.04 Å². The van der Waals surface area contributed by atoms with Crippen molar-refractivity contribution in [3.63, 3.8) is 0 Å². The monoisotopic (exact) mass is 184 g/mol. The van der Waals surface area contributed by atoms with Gasteiger partial charge in [0.15, 0.2) is 0 Å². The maximum Gasteiger partial charge on any atom is 0.00643 e. The minimum atomic E-state index is 0.701. The zero-order valence-corrected chi connectivity index (χ0v) is 9.34. The first-order valence-corrected chi connectivity index (χ1v) is 5.71. The Morgan fingerprint density at radius 1 is 1.46 bits per heavy atom. The zero-order chi connectivity index (χ0) is 9.68. The molecule has 2 heteroatoms. The van der Waals surface area contributed by atoms with Crippen LogP contribution in [0.4, 0.5) is 0 Å². The lowest BCUT2D eigenvalue weighted by Crippen LogP contribution is -2.42. The van der Waals surface area contributed by atoms with Gasteiger partial charge in [-0.05, 0) is 52.7 Å². The molecule has 1 saturated heterocycles. The highest BCUT2D eigenvalue weighted by Crippen LogP contribution is 2.08. The van der Waals surface area contributed by atoms with Gasteiger partial charge < -0.3 is 10.2 Å². The summed E-state index contributed by atoms with van der Waals surface area (Å²) < 4.78 is 0. The predicted octanol–water partition coefficient (Wildman–Crippen LogP) is 1.86. The molecule has 1 heterocycles. The number of hydrogen-bond donors (Lipinski definition) is 1. The fourth-order valence-corrected chi connectivity index (χ4v) is 1.90. The molecule has 0 aromatic carbocycles. The van der Waals surface area contributed by atoms with Crippen LogP contribution in [-0.2, 0) is 0 Å². The molecule has 0 amide bonds. The third-order valence-corrected chi connectivity index (χ3v) is 3.18. The minimum absolute atomic E-state index is 0.701. The van der Waals surface area contributed by atoms with Gasteiger partial charge in [0.1, 0.15) is 0 Å². The standard InChI is InChI=1S/C11H24N2/c1-4-11(3)13-8-5-7-12-10(2)6-9-13/h10-12H,4-9H2,1-3H3. The average Bonchev–Trinajstić information content (AvgIpc) is 2.11. The molecule has 1 rings (SSSR count). The van der Waals surface area contributed by atoms with Gasteiger partial charge in [-0.25, -0.2) is 0 Å². The highest BCUT2D eigenvalue weighted by Gasteiger charge is 2.15. The maximum atomic E-state index is 3.54. The molecule has 13 heavy (non-hydrogen) atoms. The Labute approximate surface area is 82.7 Å². The third kappa shape index (κ3) is 3.65. The van der Waals surface area contributed by atoms with E-state index in [1.807, 2.05) is 0 Å². The fraction of sp³-hybridized carbons (Fsp3) is 1.00. The SMILES string of the molecule is CCC(C)N1CCCNC(C)CC1. The highest BCUT2D eigenvalue weighted by atomic mass is 15.2. The summed E-state index contributed by atoms with van der Waals surface area (Å²) in [6.07, 6.45) is 3.88. The average molecular weight is 184 g/mol. The molecule has 0 aromatic rings. The van der Waals surface area contributed by atoms with E-state index in [0.717, 1.165) is 6.04 Å². The first-order valence-electron chi connectivity index (χ1n) is 5.71. The Balaban J connectivity index is 2.36. The smallest absolute Gasteiger partial charge is 0.00643 e. The van der Waals surface area contributed by atoms with E-state index in [2.05, 4.69) is 31.0 Å². The zero-order valence-electron chi connectivity index (χ0n) is 9.34. The first-order chi connectivity index (χ1) is 6.24. The van der Waals surface area contributed by atoms with Crippen molar-refractivity contribution in [3.8, 4) is 0 Å². The van der Waals surface area contributed by atoms with Crippen LogP contribution < -0.4 is 5.32 Å². The van der Waals surface area contributed by atoms with Crippen LogP contribution in [0.15, 0.2) is 0 Å². The summed E-state index contributed by atoms with van der Waals surface area (Å²) in [6.45, 7) is 10.6. The first kappa shape index (κ1) is 11.0. The van der Waals surface area contributed by atoms with Crippen molar-refractivity contribution in [1.82, 2.24) is 10.2 Å². The molecule has 1 N–H and O–H groups in total. The summed E-state index contributed by atoms with van der Waals surface area (Å²) in [5.74, 6) is 0. The van der Waals surface area contributed by atoms with Crippen LogP contribution in [0.3, 0.4) is 0 Å². The van der Waals surface area contributed by atoms with Crippen molar-refractivity contribution >= 4 is 0 Å². The molecule has 0 bridgehead atoms. The van der Waals surface area contributed by atoms with Gasteiger partial charge in [-0.3, -0.25) is 0 Å². The van der Waals surface area contributed by atoms with Crippen molar-refractivity contribution in [2.45, 2.75) is 52.1 Å². The lowest BCUT2D eigenvalue weighted by atomic mass is 10.1. The van der Waals surface area contributed by atoms with Crippen molar-refractivity contribution in [2.75, 3.05) is 19.6 Å². The molecule has 0 radical (unpaired) electrons. The number of nitrogens with one attached hydrogen (secondary N) is 1. The Kier molecular flexibility index (Phi) is 4.74. The number of rotatable bonds is 2. The van der Waals surface area contributed by atoms with Crippen LogP contribution in [0, 0.1) is 0 Å². The molecule has 0 saturated carbocycles. The lowest BCUT2D eigenvalue weighted by Gasteiger charge is -2.32. The van der Waals surface area contributed by atoms with Gasteiger partial charge in [0, 0.05) is 12.1 Å². The topological polar surface area (TPSA) is 15.3 Å². The van der Waals surface area contributed by atoms with Crippen LogP contribution >= 0.6 is 0 Å². The van der Waals surface area contributed by atoms with Gasteiger partial charge in [-0.15, -0.1) is 0 Å². The van der Waals surface area contributed by atoms with E-state index < -0.39 is 0 Å². The lowest BCUT2D eigenvalue weighted by molar-refractivity contribution is 0.180. The minimum Gasteiger partial charge on any atom is -0.314 e. The Morgan fingerprint density at radius 2 is 2.23 bits per heavy atom. The van der Waals surface area contributed by atoms with E-state index in [9.17, 15) is 0 Å². The van der Waals surface area contributed by atoms with Gasteiger partial charge in [0.05, 0.1) is 0 Å². The van der Waals surface area contributed by atoms with Crippen LogP contribution in [0.1, 0.15) is 40.0 Å². The van der Waals surface area contributed by atoms with Gasteiger partial charge in [-0.1, -0.05) is 6.92 Å². The third-order valence-electron chi connectivity index (χ3n) is 3.18. The second-order valence-electron chi connectivity index (χ2n) is 4.29. The number of nitrogens with zero attached hydrogens (tertiary/aromatic N) is 1. The van der Waals surface area contributed by atoms with Gasteiger partial charge in [0.2, 0.25) is 0 Å². The molecule has 0 spiro atoms. The van der Waals surface area contributed by atoms with Crippen molar-refractivity contribution in [2.24, 2.45) is 0 Å². The maximum absolute atomic E-state index is 3.54. The van der Waals surface area contributed by atoms with E-state index >= 15 is 0 Å². The molecule has 1 aliphatic rings. The fourth-order valence-electron chi connectivity index (χ4n) is 1.90. The summed E-state index contributed by atoms with van der Waals surface area (Å²) in [4.78, 5) is 2.64. The number of hydrogen-bond acceptors (Lipinski definition) is 2. The van der Waals surface area contributed by atoms with Gasteiger partial charge in [-0.2, -0.15) is 0 Å². The molecule has 1 aliphatic heterocycles. The van der Waals surface area contributed by atoms with E-state index in [-0.39, 0.29) is 0 Å². The summed E-state index contributed by atoms with van der Waals surface area (Å²) >= 11 is 0. The van der Waals surface area contributed by atoms with E-state index in [1.54, 1.807) is 0 Å². The van der Waals surface area contributed by atoms with E-state index in [1.165, 1.54) is 38.9 Å². The van der Waals surface area contributed by atoms with Crippen LogP contribution in [-0.4, -0.2) is 36.6 Å². The molecule has 0 aromatic heterocycles. The van der Waals surface area contributed by atoms with E-state index in [4.69, 9.17) is 0 Å². The summed E-state index contributed by atoms with van der Waals surface area (Å²) in [6, 6.07) is 1.47. The molecule has 1 fully saturated rings. The van der Waals surface area contributed by atoms with Crippen LogP contribution in [0.2, 0.25) is 0 Å². The summed E-state index contributed by atoms with van der Waals surface area (Å²) in [5, 5.41) is 3.54. The molecule has 78 valence electrons. The van der Waals surface area contributed by atoms with Crippen molar-refractivity contribution in [3.05, 3.63) is 0 Å². The molecule has 2 unspecified atom stereocenters. The summed E-state index contributed by atoms with van der Waals surface area (Å²) in [5.41, 5.74) is 0. The van der Waals surface area contributed by atoms with Gasteiger partial charge >= 0.3 is 0 Å². The second kappa shape index (κ2) is 5.61. The normalized spacial score (nSPS) is 29.3. The Hall–Kier alpha value is -0.0800. The van der Waals surface area contributed by atoms with Crippen LogP contribution in [0.5, 0.6) is 0 Å². The van der Waals surface area contributed by atoms with Gasteiger partial charge in [0.25, 0.3) is 0 Å². The Morgan fingerprint density at radius 3 is 2.92 bits per heavy atom. The molecular formula is C11H24N2.